The van der Waals surface area contributed by atoms with Crippen LogP contribution in [0.1, 0.15) is 43.5 Å². The lowest BCUT2D eigenvalue weighted by Crippen LogP contribution is -2.06. The Morgan fingerprint density at radius 2 is 2.07 bits per heavy atom. The van der Waals surface area contributed by atoms with Gasteiger partial charge in [-0.15, -0.1) is 0 Å². The van der Waals surface area contributed by atoms with Crippen molar-refractivity contribution in [3.63, 3.8) is 0 Å². The highest BCUT2D eigenvalue weighted by Gasteiger charge is 2.18. The number of aldehydes is 1. The molecule has 0 aromatic heterocycles. The van der Waals surface area contributed by atoms with E-state index in [9.17, 15) is 4.79 Å². The molecule has 1 aromatic rings. The monoisotopic (exact) mass is 395 g/mol. The maximum atomic E-state index is 11.2. The molecule has 2 bridgehead atoms. The van der Waals surface area contributed by atoms with E-state index in [1.165, 1.54) is 16.1 Å². The van der Waals surface area contributed by atoms with Gasteiger partial charge in [-0.05, 0) is 42.0 Å². The van der Waals surface area contributed by atoms with E-state index in [2.05, 4.69) is 37.3 Å². The van der Waals surface area contributed by atoms with Crippen molar-refractivity contribution in [1.82, 2.24) is 0 Å². The van der Waals surface area contributed by atoms with Gasteiger partial charge in [-0.1, -0.05) is 72.3 Å². The summed E-state index contributed by atoms with van der Waals surface area (Å²) in [5.41, 5.74) is 4.94. The molecule has 138 valence electrons. The molecule has 2 nitrogen and oxygen atoms in total. The summed E-state index contributed by atoms with van der Waals surface area (Å²) in [5.74, 6) is 0. The fraction of sp³-hybridized carbons (Fsp3) is 0.217. The molecule has 0 radical (unpaired) electrons. The molecule has 1 aliphatic heterocycles. The second kappa shape index (κ2) is 9.20. The van der Waals surface area contributed by atoms with Crippen molar-refractivity contribution in [2.24, 2.45) is 4.99 Å². The molecular weight excluding hydrogens is 374 g/mol. The fourth-order valence-corrected chi connectivity index (χ4v) is 3.94. The Labute approximate surface area is 170 Å². The van der Waals surface area contributed by atoms with E-state index in [0.29, 0.717) is 5.56 Å². The Morgan fingerprint density at radius 1 is 1.26 bits per heavy atom. The van der Waals surface area contributed by atoms with E-state index >= 15 is 0 Å². The first-order valence-electron chi connectivity index (χ1n) is 9.02. The van der Waals surface area contributed by atoms with Gasteiger partial charge in [0.2, 0.25) is 0 Å². The number of thioether (sulfide) groups is 1. The Balaban J connectivity index is 2.05. The number of carbonyl (C=O) groups is 1. The third-order valence-corrected chi connectivity index (χ3v) is 5.88. The number of rotatable bonds is 5. The zero-order chi connectivity index (χ0) is 19.2. The largest absolute Gasteiger partial charge is 0.298 e. The number of nitrogens with zero attached hydrogens (tertiary/aromatic N) is 1. The normalized spacial score (nSPS) is 17.1. The molecule has 4 heteroatoms. The maximum Gasteiger partial charge on any atom is 0.150 e. The second-order valence-electron chi connectivity index (χ2n) is 6.55. The molecule has 0 saturated heterocycles. The van der Waals surface area contributed by atoms with Crippen molar-refractivity contribution in [2.75, 3.05) is 0 Å². The fourth-order valence-electron chi connectivity index (χ4n) is 2.87. The summed E-state index contributed by atoms with van der Waals surface area (Å²) in [4.78, 5) is 18.5. The lowest BCUT2D eigenvalue weighted by atomic mass is 9.99. The molecule has 1 heterocycles. The van der Waals surface area contributed by atoms with Gasteiger partial charge in [0.25, 0.3) is 0 Å². The standard InChI is InChI=1S/C23H22ClNOS/c1-3-19(24)10-8-16(2)12-21-18-6-4-5-7-20(14-18)27-23-11-9-17(15-26)13-22(23)25-21/h4-11,13,15H,3,12,14H2,1-2H3/b16-8+,19-10+,25-21?. The summed E-state index contributed by atoms with van der Waals surface area (Å²) in [5, 5.41) is 0.841. The third-order valence-electron chi connectivity index (χ3n) is 4.37. The Kier molecular flexibility index (Phi) is 6.70. The molecule has 0 fully saturated rings. The summed E-state index contributed by atoms with van der Waals surface area (Å²) in [7, 11) is 0. The number of allylic oxidation sites excluding steroid dienone is 10. The average molecular weight is 396 g/mol. The van der Waals surface area contributed by atoms with Crippen LogP contribution in [0.4, 0.5) is 5.69 Å². The lowest BCUT2D eigenvalue weighted by Gasteiger charge is -2.18. The predicted molar refractivity (Wildman–Crippen MR) is 117 cm³/mol. The Hall–Kier alpha value is -2.10. The minimum absolute atomic E-state index is 0.645. The number of hydrogen-bond donors (Lipinski definition) is 0. The van der Waals surface area contributed by atoms with Crippen LogP contribution in [-0.4, -0.2) is 12.0 Å². The number of carbonyl (C=O) groups excluding carboxylic acids is 1. The average Bonchev–Trinajstić information content (AvgIpc) is 2.92. The second-order valence-corrected chi connectivity index (χ2v) is 8.20. The van der Waals surface area contributed by atoms with Crippen molar-refractivity contribution in [1.29, 1.82) is 0 Å². The van der Waals surface area contributed by atoms with Crippen molar-refractivity contribution >= 4 is 41.0 Å². The van der Waals surface area contributed by atoms with E-state index in [4.69, 9.17) is 16.6 Å². The number of fused-ring (bicyclic) bond motifs is 3. The zero-order valence-corrected chi connectivity index (χ0v) is 17.1. The topological polar surface area (TPSA) is 29.4 Å². The van der Waals surface area contributed by atoms with Gasteiger partial charge in [0.15, 0.2) is 0 Å². The number of hydrogen-bond acceptors (Lipinski definition) is 3. The SMILES string of the molecule is CC/C(Cl)=C\C=C(/C)CC1=Nc2cc(C=O)ccc2SC2=CC=CC=C1C2. The highest BCUT2D eigenvalue weighted by molar-refractivity contribution is 8.03. The molecule has 1 aliphatic carbocycles. The van der Waals surface area contributed by atoms with Crippen LogP contribution < -0.4 is 0 Å². The van der Waals surface area contributed by atoms with E-state index in [1.54, 1.807) is 11.8 Å². The highest BCUT2D eigenvalue weighted by atomic mass is 35.5. The maximum absolute atomic E-state index is 11.2. The molecule has 0 spiro atoms. The summed E-state index contributed by atoms with van der Waals surface area (Å²) >= 11 is 7.85. The number of aliphatic imine (C=N–C) groups is 1. The van der Waals surface area contributed by atoms with Gasteiger partial charge < -0.3 is 0 Å². The van der Waals surface area contributed by atoms with E-state index in [1.807, 2.05) is 31.2 Å². The Bertz CT molecular complexity index is 932. The van der Waals surface area contributed by atoms with Crippen LogP contribution in [0.5, 0.6) is 0 Å². The van der Waals surface area contributed by atoms with E-state index < -0.39 is 0 Å². The molecule has 27 heavy (non-hydrogen) atoms. The van der Waals surface area contributed by atoms with Crippen LogP contribution in [0.25, 0.3) is 0 Å². The van der Waals surface area contributed by atoms with E-state index in [-0.39, 0.29) is 0 Å². The lowest BCUT2D eigenvalue weighted by molar-refractivity contribution is 0.112. The van der Waals surface area contributed by atoms with Crippen LogP contribution in [0.3, 0.4) is 0 Å². The van der Waals surface area contributed by atoms with Gasteiger partial charge in [0.1, 0.15) is 6.29 Å². The highest BCUT2D eigenvalue weighted by Crippen LogP contribution is 2.41. The Morgan fingerprint density at radius 3 is 2.85 bits per heavy atom. The van der Waals surface area contributed by atoms with E-state index in [0.717, 1.165) is 46.9 Å². The number of halogens is 1. The molecule has 0 N–H and O–H groups in total. The number of benzene rings is 1. The van der Waals surface area contributed by atoms with Gasteiger partial charge in [-0.25, -0.2) is 0 Å². The molecule has 1 aromatic carbocycles. The molecule has 3 rings (SSSR count). The first-order chi connectivity index (χ1) is 13.1. The molecule has 2 aliphatic rings. The van der Waals surface area contributed by atoms with Gasteiger partial charge in [0.05, 0.1) is 5.69 Å². The third kappa shape index (κ3) is 5.21. The zero-order valence-electron chi connectivity index (χ0n) is 15.5. The summed E-state index contributed by atoms with van der Waals surface area (Å²) in [6, 6.07) is 5.71. The minimum atomic E-state index is 0.645. The summed E-state index contributed by atoms with van der Waals surface area (Å²) in [6.07, 6.45) is 15.8. The van der Waals surface area contributed by atoms with Crippen molar-refractivity contribution in [2.45, 2.75) is 38.0 Å². The van der Waals surface area contributed by atoms with Crippen LogP contribution in [-0.2, 0) is 0 Å². The minimum Gasteiger partial charge on any atom is -0.298 e. The smallest absolute Gasteiger partial charge is 0.150 e. The van der Waals surface area contributed by atoms with Gasteiger partial charge >= 0.3 is 0 Å². The first-order valence-corrected chi connectivity index (χ1v) is 10.2. The van der Waals surface area contributed by atoms with Crippen molar-refractivity contribution < 1.29 is 4.79 Å². The van der Waals surface area contributed by atoms with Crippen molar-refractivity contribution in [3.8, 4) is 0 Å². The van der Waals surface area contributed by atoms with Crippen LogP contribution >= 0.6 is 23.4 Å². The van der Waals surface area contributed by atoms with Gasteiger partial charge in [0, 0.05) is 34.0 Å². The molecule has 0 saturated carbocycles. The molecule has 0 unspecified atom stereocenters. The van der Waals surface area contributed by atoms with Crippen LogP contribution in [0.2, 0.25) is 0 Å². The van der Waals surface area contributed by atoms with Crippen molar-refractivity contribution in [3.05, 3.63) is 81.3 Å². The first kappa shape index (κ1) is 19.7. The molecule has 0 amide bonds. The quantitative estimate of drug-likeness (QED) is 0.386. The predicted octanol–water partition coefficient (Wildman–Crippen LogP) is 7.32. The van der Waals surface area contributed by atoms with Crippen LogP contribution in [0, 0.1) is 0 Å². The summed E-state index contributed by atoms with van der Waals surface area (Å²) < 4.78 is 0. The molecular formula is C23H22ClNOS. The summed E-state index contributed by atoms with van der Waals surface area (Å²) in [6.45, 7) is 4.13. The van der Waals surface area contributed by atoms with Crippen LogP contribution in [0.15, 0.2) is 85.6 Å². The van der Waals surface area contributed by atoms with Gasteiger partial charge in [-0.2, -0.15) is 0 Å². The van der Waals surface area contributed by atoms with Gasteiger partial charge in [-0.3, -0.25) is 9.79 Å². The molecule has 0 atom stereocenters.